The molecule has 1 saturated heterocycles. The van der Waals surface area contributed by atoms with E-state index < -0.39 is 0 Å². The quantitative estimate of drug-likeness (QED) is 0.695. The van der Waals surface area contributed by atoms with Crippen molar-refractivity contribution in [1.29, 1.82) is 0 Å². The molecule has 0 radical (unpaired) electrons. The zero-order chi connectivity index (χ0) is 20.0. The largest absolute Gasteiger partial charge is 0.341 e. The van der Waals surface area contributed by atoms with Gasteiger partial charge in [-0.2, -0.15) is 0 Å². The lowest BCUT2D eigenvalue weighted by Gasteiger charge is -2.31. The number of rotatable bonds is 4. The van der Waals surface area contributed by atoms with E-state index in [0.29, 0.717) is 11.6 Å². The first-order valence-corrected chi connectivity index (χ1v) is 11.5. The molecule has 2 amide bonds. The van der Waals surface area contributed by atoms with Gasteiger partial charge in [-0.1, -0.05) is 24.6 Å². The Labute approximate surface area is 174 Å². The van der Waals surface area contributed by atoms with Crippen LogP contribution in [0.1, 0.15) is 26.2 Å². The third-order valence-corrected chi connectivity index (χ3v) is 7.29. The van der Waals surface area contributed by atoms with Crippen LogP contribution in [0.2, 0.25) is 0 Å². The second-order valence-corrected chi connectivity index (χ2v) is 8.93. The number of thioether (sulfide) groups is 1. The predicted molar refractivity (Wildman–Crippen MR) is 119 cm³/mol. The highest BCUT2D eigenvalue weighted by molar-refractivity contribution is 7.99. The molecule has 1 aromatic heterocycles. The monoisotopic (exact) mass is 407 g/mol. The lowest BCUT2D eigenvalue weighted by atomic mass is 9.84. The normalized spacial score (nSPS) is 19.6. The Morgan fingerprint density at radius 2 is 1.90 bits per heavy atom. The molecule has 5 rings (SSSR count). The molecule has 150 valence electrons. The van der Waals surface area contributed by atoms with Crippen LogP contribution in [0.3, 0.4) is 0 Å². The van der Waals surface area contributed by atoms with Crippen molar-refractivity contribution in [3.63, 3.8) is 0 Å². The minimum absolute atomic E-state index is 0.0822. The molecular weight excluding hydrogens is 382 g/mol. The van der Waals surface area contributed by atoms with Gasteiger partial charge in [-0.25, -0.2) is 0 Å². The highest BCUT2D eigenvalue weighted by atomic mass is 32.2. The number of carbonyl (C=O) groups excluding carboxylic acids is 2. The lowest BCUT2D eigenvalue weighted by molar-refractivity contribution is -0.141. The van der Waals surface area contributed by atoms with E-state index in [1.807, 2.05) is 12.1 Å². The average Bonchev–Trinajstić information content (AvgIpc) is 3.29. The summed E-state index contributed by atoms with van der Waals surface area (Å²) in [5, 5.41) is 5.41. The smallest absolute Gasteiger partial charge is 0.248 e. The fourth-order valence-corrected chi connectivity index (χ4v) is 5.63. The van der Waals surface area contributed by atoms with E-state index in [9.17, 15) is 9.59 Å². The van der Waals surface area contributed by atoms with Crippen LogP contribution in [0.4, 0.5) is 5.69 Å². The molecule has 0 bridgehead atoms. The van der Waals surface area contributed by atoms with Gasteiger partial charge < -0.3 is 14.8 Å². The van der Waals surface area contributed by atoms with Gasteiger partial charge in [-0.15, -0.1) is 11.8 Å². The Bertz CT molecular complexity index is 1100. The highest BCUT2D eigenvalue weighted by Crippen LogP contribution is 2.33. The molecule has 2 heterocycles. The number of benzene rings is 2. The molecule has 1 N–H and O–H groups in total. The minimum Gasteiger partial charge on any atom is -0.341 e. The van der Waals surface area contributed by atoms with Crippen LogP contribution in [0, 0.1) is 5.92 Å². The Kier molecular flexibility index (Phi) is 4.74. The number of anilines is 1. The van der Waals surface area contributed by atoms with Crippen LogP contribution in [0.15, 0.2) is 42.5 Å². The molecule has 1 saturated carbocycles. The Hall–Kier alpha value is -2.47. The van der Waals surface area contributed by atoms with Crippen molar-refractivity contribution in [2.24, 2.45) is 5.92 Å². The molecule has 5 nitrogen and oxygen atoms in total. The first kappa shape index (κ1) is 18.6. The average molecular weight is 408 g/mol. The second kappa shape index (κ2) is 7.41. The van der Waals surface area contributed by atoms with Crippen LogP contribution in [-0.2, 0) is 16.1 Å². The van der Waals surface area contributed by atoms with Crippen LogP contribution < -0.4 is 5.32 Å². The van der Waals surface area contributed by atoms with E-state index >= 15 is 0 Å². The first-order valence-electron chi connectivity index (χ1n) is 10.4. The van der Waals surface area contributed by atoms with Gasteiger partial charge in [0.15, 0.2) is 0 Å². The number of nitrogens with zero attached hydrogens (tertiary/aromatic N) is 2. The van der Waals surface area contributed by atoms with E-state index in [1.54, 1.807) is 16.7 Å². The van der Waals surface area contributed by atoms with Gasteiger partial charge in [0.05, 0.1) is 5.88 Å². The Morgan fingerprint density at radius 1 is 1.10 bits per heavy atom. The van der Waals surface area contributed by atoms with Gasteiger partial charge in [0.25, 0.3) is 0 Å². The van der Waals surface area contributed by atoms with E-state index in [4.69, 9.17) is 0 Å². The summed E-state index contributed by atoms with van der Waals surface area (Å²) in [5.74, 6) is 1.49. The van der Waals surface area contributed by atoms with E-state index in [0.717, 1.165) is 36.9 Å². The summed E-state index contributed by atoms with van der Waals surface area (Å²) >= 11 is 1.66. The molecule has 1 atom stereocenters. The van der Waals surface area contributed by atoms with Crippen LogP contribution in [-0.4, -0.2) is 39.0 Å². The standard InChI is InChI=1S/C23H25N3O2S/c1-2-25-19-9-4-3-8-17(19)18-12-16(10-11-20(18)25)24-22(27)21-13-29-14-26(21)23(28)15-6-5-7-15/h3-4,8-12,15,21H,2,5-7,13-14H2,1H3,(H,24,27). The molecule has 6 heteroatoms. The third-order valence-electron chi connectivity index (χ3n) is 6.28. The van der Waals surface area contributed by atoms with Crippen LogP contribution in [0.25, 0.3) is 21.8 Å². The maximum Gasteiger partial charge on any atom is 0.248 e. The highest BCUT2D eigenvalue weighted by Gasteiger charge is 2.39. The molecule has 1 aliphatic heterocycles. The second-order valence-electron chi connectivity index (χ2n) is 7.93. The summed E-state index contributed by atoms with van der Waals surface area (Å²) < 4.78 is 2.29. The first-order chi connectivity index (χ1) is 14.2. The van der Waals surface area contributed by atoms with Crippen molar-refractivity contribution in [2.75, 3.05) is 16.9 Å². The molecule has 2 fully saturated rings. The van der Waals surface area contributed by atoms with Crippen molar-refractivity contribution in [1.82, 2.24) is 9.47 Å². The summed E-state index contributed by atoms with van der Waals surface area (Å²) in [6.45, 7) is 3.04. The number of fused-ring (bicyclic) bond motifs is 3. The number of carbonyl (C=O) groups is 2. The molecule has 2 aromatic carbocycles. The van der Waals surface area contributed by atoms with Gasteiger partial charge in [0.1, 0.15) is 6.04 Å². The van der Waals surface area contributed by atoms with Crippen molar-refractivity contribution in [3.05, 3.63) is 42.5 Å². The zero-order valence-corrected chi connectivity index (χ0v) is 17.4. The summed E-state index contributed by atoms with van der Waals surface area (Å²) in [5.41, 5.74) is 3.16. The van der Waals surface area contributed by atoms with Gasteiger partial charge in [0.2, 0.25) is 11.8 Å². The van der Waals surface area contributed by atoms with Crippen molar-refractivity contribution in [2.45, 2.75) is 38.8 Å². The van der Waals surface area contributed by atoms with Gasteiger partial charge in [-0.05, 0) is 44.0 Å². The van der Waals surface area contributed by atoms with Gasteiger partial charge in [-0.3, -0.25) is 9.59 Å². The van der Waals surface area contributed by atoms with E-state index in [2.05, 4.69) is 47.1 Å². The molecule has 2 aliphatic rings. The number of hydrogen-bond donors (Lipinski definition) is 1. The minimum atomic E-state index is -0.374. The molecule has 3 aromatic rings. The molecule has 1 unspecified atom stereocenters. The Balaban J connectivity index is 1.42. The topological polar surface area (TPSA) is 54.3 Å². The summed E-state index contributed by atoms with van der Waals surface area (Å²) in [6.07, 6.45) is 3.05. The molecular formula is C23H25N3O2S. The number of nitrogens with one attached hydrogen (secondary N) is 1. The molecule has 0 spiro atoms. The van der Waals surface area contributed by atoms with Crippen molar-refractivity contribution in [3.8, 4) is 0 Å². The van der Waals surface area contributed by atoms with E-state index in [-0.39, 0.29) is 23.8 Å². The number of para-hydroxylation sites is 1. The fraction of sp³-hybridized carbons (Fsp3) is 0.391. The summed E-state index contributed by atoms with van der Waals surface area (Å²) in [4.78, 5) is 27.5. The SMILES string of the molecule is CCn1c2ccccc2c2cc(NC(=O)C3CSCN3C(=O)C3CCC3)ccc21. The molecule has 29 heavy (non-hydrogen) atoms. The van der Waals surface area contributed by atoms with Crippen molar-refractivity contribution < 1.29 is 9.59 Å². The van der Waals surface area contributed by atoms with Crippen LogP contribution in [0.5, 0.6) is 0 Å². The number of aromatic nitrogens is 1. The number of hydrogen-bond acceptors (Lipinski definition) is 3. The number of aryl methyl sites for hydroxylation is 1. The number of amides is 2. The zero-order valence-electron chi connectivity index (χ0n) is 16.6. The van der Waals surface area contributed by atoms with Crippen molar-refractivity contribution >= 4 is 51.1 Å². The maximum absolute atomic E-state index is 13.0. The predicted octanol–water partition coefficient (Wildman–Crippen LogP) is 4.45. The van der Waals surface area contributed by atoms with Crippen LogP contribution >= 0.6 is 11.8 Å². The summed E-state index contributed by atoms with van der Waals surface area (Å²) in [7, 11) is 0. The Morgan fingerprint density at radius 3 is 2.66 bits per heavy atom. The molecule has 1 aliphatic carbocycles. The van der Waals surface area contributed by atoms with Gasteiger partial charge >= 0.3 is 0 Å². The fourth-order valence-electron chi connectivity index (χ4n) is 4.46. The summed E-state index contributed by atoms with van der Waals surface area (Å²) in [6, 6.07) is 14.1. The lowest BCUT2D eigenvalue weighted by Crippen LogP contribution is -2.47. The third kappa shape index (κ3) is 3.10. The van der Waals surface area contributed by atoms with Gasteiger partial charge in [0, 0.05) is 45.7 Å². The maximum atomic E-state index is 13.0. The van der Waals surface area contributed by atoms with E-state index in [1.165, 1.54) is 16.4 Å².